The van der Waals surface area contributed by atoms with E-state index in [2.05, 4.69) is 6.07 Å². The SMILES string of the molecule is NC1CCCN(C(=O)c2sccc2C2CC2)C1. The highest BCUT2D eigenvalue weighted by Gasteiger charge is 2.31. The minimum atomic E-state index is 0.164. The average molecular weight is 250 g/mol. The van der Waals surface area contributed by atoms with Gasteiger partial charge in [0.05, 0.1) is 4.88 Å². The molecule has 1 aliphatic heterocycles. The van der Waals surface area contributed by atoms with Gasteiger partial charge in [-0.15, -0.1) is 11.3 Å². The van der Waals surface area contributed by atoms with Gasteiger partial charge in [-0.1, -0.05) is 0 Å². The highest BCUT2D eigenvalue weighted by Crippen LogP contribution is 2.43. The summed E-state index contributed by atoms with van der Waals surface area (Å²) in [5.74, 6) is 0.857. The predicted molar refractivity (Wildman–Crippen MR) is 69.4 cm³/mol. The van der Waals surface area contributed by atoms with Crippen LogP contribution in [0.5, 0.6) is 0 Å². The fourth-order valence-electron chi connectivity index (χ4n) is 2.55. The zero-order chi connectivity index (χ0) is 11.8. The first-order chi connectivity index (χ1) is 8.25. The summed E-state index contributed by atoms with van der Waals surface area (Å²) in [4.78, 5) is 15.3. The smallest absolute Gasteiger partial charge is 0.264 e. The van der Waals surface area contributed by atoms with Crippen LogP contribution in [0.2, 0.25) is 0 Å². The van der Waals surface area contributed by atoms with Gasteiger partial charge < -0.3 is 10.6 Å². The topological polar surface area (TPSA) is 46.3 Å². The third-order valence-electron chi connectivity index (χ3n) is 3.65. The number of piperidine rings is 1. The molecule has 1 saturated heterocycles. The molecule has 17 heavy (non-hydrogen) atoms. The number of amides is 1. The first-order valence-corrected chi connectivity index (χ1v) is 7.26. The fraction of sp³-hybridized carbons (Fsp3) is 0.615. The number of hydrogen-bond acceptors (Lipinski definition) is 3. The summed E-state index contributed by atoms with van der Waals surface area (Å²) in [6, 6.07) is 2.29. The molecule has 3 nitrogen and oxygen atoms in total. The van der Waals surface area contributed by atoms with Gasteiger partial charge in [-0.25, -0.2) is 0 Å². The van der Waals surface area contributed by atoms with E-state index in [-0.39, 0.29) is 11.9 Å². The molecule has 1 atom stereocenters. The van der Waals surface area contributed by atoms with E-state index in [1.807, 2.05) is 10.3 Å². The first-order valence-electron chi connectivity index (χ1n) is 6.38. The molecule has 2 N–H and O–H groups in total. The summed E-state index contributed by atoms with van der Waals surface area (Å²) in [6.07, 6.45) is 4.58. The van der Waals surface area contributed by atoms with Crippen molar-refractivity contribution >= 4 is 17.2 Å². The van der Waals surface area contributed by atoms with E-state index < -0.39 is 0 Å². The van der Waals surface area contributed by atoms with E-state index in [1.165, 1.54) is 18.4 Å². The summed E-state index contributed by atoms with van der Waals surface area (Å²) in [5.41, 5.74) is 7.21. The molecule has 1 unspecified atom stereocenters. The molecule has 1 aliphatic carbocycles. The minimum Gasteiger partial charge on any atom is -0.336 e. The lowest BCUT2D eigenvalue weighted by Crippen LogP contribution is -2.45. The Morgan fingerprint density at radius 1 is 1.41 bits per heavy atom. The number of likely N-dealkylation sites (tertiary alicyclic amines) is 1. The van der Waals surface area contributed by atoms with Gasteiger partial charge in [0.15, 0.2) is 0 Å². The zero-order valence-corrected chi connectivity index (χ0v) is 10.7. The fourth-order valence-corrected chi connectivity index (χ4v) is 3.50. The van der Waals surface area contributed by atoms with Crippen LogP contribution in [0, 0.1) is 0 Å². The summed E-state index contributed by atoms with van der Waals surface area (Å²) in [7, 11) is 0. The molecular formula is C13H18N2OS. The van der Waals surface area contributed by atoms with Crippen molar-refractivity contribution in [3.63, 3.8) is 0 Å². The van der Waals surface area contributed by atoms with Crippen molar-refractivity contribution < 1.29 is 4.79 Å². The number of thiophene rings is 1. The van der Waals surface area contributed by atoms with E-state index in [1.54, 1.807) is 11.3 Å². The molecule has 1 amide bonds. The molecule has 0 aromatic carbocycles. The minimum absolute atomic E-state index is 0.164. The molecule has 0 bridgehead atoms. The van der Waals surface area contributed by atoms with Crippen molar-refractivity contribution in [1.82, 2.24) is 4.90 Å². The van der Waals surface area contributed by atoms with Crippen LogP contribution in [0.3, 0.4) is 0 Å². The Morgan fingerprint density at radius 3 is 2.94 bits per heavy atom. The lowest BCUT2D eigenvalue weighted by molar-refractivity contribution is 0.0712. The van der Waals surface area contributed by atoms with E-state index in [0.29, 0.717) is 5.92 Å². The van der Waals surface area contributed by atoms with Gasteiger partial charge in [-0.2, -0.15) is 0 Å². The summed E-state index contributed by atoms with van der Waals surface area (Å²) in [5, 5.41) is 2.05. The summed E-state index contributed by atoms with van der Waals surface area (Å²) < 4.78 is 0. The van der Waals surface area contributed by atoms with Crippen molar-refractivity contribution in [3.05, 3.63) is 21.9 Å². The molecule has 1 aromatic heterocycles. The Kier molecular flexibility index (Phi) is 2.92. The predicted octanol–water partition coefficient (Wildman–Crippen LogP) is 2.19. The van der Waals surface area contributed by atoms with Gasteiger partial charge in [0.2, 0.25) is 0 Å². The van der Waals surface area contributed by atoms with Crippen LogP contribution < -0.4 is 5.73 Å². The van der Waals surface area contributed by atoms with Gasteiger partial charge >= 0.3 is 0 Å². The Morgan fingerprint density at radius 2 is 2.24 bits per heavy atom. The van der Waals surface area contributed by atoms with Crippen molar-refractivity contribution in [2.75, 3.05) is 13.1 Å². The third kappa shape index (κ3) is 2.24. The normalized spacial score (nSPS) is 25.0. The van der Waals surface area contributed by atoms with Crippen LogP contribution >= 0.6 is 11.3 Å². The molecule has 2 heterocycles. The second-order valence-corrected chi connectivity index (χ2v) is 6.05. The second-order valence-electron chi connectivity index (χ2n) is 5.13. The molecule has 2 fully saturated rings. The maximum Gasteiger partial charge on any atom is 0.264 e. The Hall–Kier alpha value is -0.870. The lowest BCUT2D eigenvalue weighted by atomic mass is 10.1. The third-order valence-corrected chi connectivity index (χ3v) is 4.57. The molecule has 92 valence electrons. The van der Waals surface area contributed by atoms with E-state index in [9.17, 15) is 4.79 Å². The number of carbonyl (C=O) groups is 1. The molecule has 4 heteroatoms. The van der Waals surface area contributed by atoms with Gasteiger partial charge in [-0.05, 0) is 48.6 Å². The number of hydrogen-bond donors (Lipinski definition) is 1. The largest absolute Gasteiger partial charge is 0.336 e. The standard InChI is InChI=1S/C13H18N2OS/c14-10-2-1-6-15(8-10)13(16)12-11(5-7-17-12)9-3-4-9/h5,7,9-10H,1-4,6,8,14H2. The van der Waals surface area contributed by atoms with Crippen molar-refractivity contribution in [3.8, 4) is 0 Å². The summed E-state index contributed by atoms with van der Waals surface area (Å²) in [6.45, 7) is 1.59. The molecule has 2 aliphatic rings. The van der Waals surface area contributed by atoms with Crippen molar-refractivity contribution in [2.24, 2.45) is 5.73 Å². The van der Waals surface area contributed by atoms with Gasteiger partial charge in [0.25, 0.3) is 5.91 Å². The molecule has 0 spiro atoms. The number of rotatable bonds is 2. The quantitative estimate of drug-likeness (QED) is 0.874. The van der Waals surface area contributed by atoms with E-state index in [0.717, 1.165) is 30.8 Å². The zero-order valence-electron chi connectivity index (χ0n) is 9.89. The molecule has 1 saturated carbocycles. The van der Waals surface area contributed by atoms with Crippen LogP contribution in [-0.4, -0.2) is 29.9 Å². The first kappa shape index (κ1) is 11.2. The number of nitrogens with two attached hydrogens (primary N) is 1. The van der Waals surface area contributed by atoms with Crippen LogP contribution in [0.1, 0.15) is 46.8 Å². The lowest BCUT2D eigenvalue weighted by Gasteiger charge is -2.30. The molecular weight excluding hydrogens is 232 g/mol. The molecule has 0 radical (unpaired) electrons. The summed E-state index contributed by atoms with van der Waals surface area (Å²) >= 11 is 1.59. The Balaban J connectivity index is 1.78. The van der Waals surface area contributed by atoms with Crippen molar-refractivity contribution in [1.29, 1.82) is 0 Å². The maximum absolute atomic E-state index is 12.4. The van der Waals surface area contributed by atoms with E-state index >= 15 is 0 Å². The monoisotopic (exact) mass is 250 g/mol. The number of nitrogens with zero attached hydrogens (tertiary/aromatic N) is 1. The average Bonchev–Trinajstić information content (AvgIpc) is 3.06. The Labute approximate surface area is 106 Å². The van der Waals surface area contributed by atoms with Crippen LogP contribution in [0.4, 0.5) is 0 Å². The van der Waals surface area contributed by atoms with Crippen molar-refractivity contribution in [2.45, 2.75) is 37.6 Å². The van der Waals surface area contributed by atoms with E-state index in [4.69, 9.17) is 5.73 Å². The van der Waals surface area contributed by atoms with Gasteiger partial charge in [0, 0.05) is 19.1 Å². The Bertz CT molecular complexity index is 425. The van der Waals surface area contributed by atoms with Crippen LogP contribution in [-0.2, 0) is 0 Å². The highest BCUT2D eigenvalue weighted by atomic mass is 32.1. The molecule has 1 aromatic rings. The highest BCUT2D eigenvalue weighted by molar-refractivity contribution is 7.12. The van der Waals surface area contributed by atoms with Crippen LogP contribution in [0.25, 0.3) is 0 Å². The number of carbonyl (C=O) groups excluding carboxylic acids is 1. The van der Waals surface area contributed by atoms with Crippen LogP contribution in [0.15, 0.2) is 11.4 Å². The second kappa shape index (κ2) is 4.42. The molecule has 3 rings (SSSR count). The van der Waals surface area contributed by atoms with Gasteiger partial charge in [0.1, 0.15) is 0 Å². The maximum atomic E-state index is 12.4. The van der Waals surface area contributed by atoms with Gasteiger partial charge in [-0.3, -0.25) is 4.79 Å².